The lowest BCUT2D eigenvalue weighted by Crippen LogP contribution is -2.34. The largest absolute Gasteiger partial charge is 0.325 e. The zero-order valence-corrected chi connectivity index (χ0v) is 9.58. The highest BCUT2D eigenvalue weighted by Gasteiger charge is 2.11. The van der Waals surface area contributed by atoms with Crippen molar-refractivity contribution >= 4 is 23.2 Å². The highest BCUT2D eigenvalue weighted by Crippen LogP contribution is 2.19. The van der Waals surface area contributed by atoms with Crippen LogP contribution < -0.4 is 11.1 Å². The molecule has 1 atom stereocenters. The van der Waals surface area contributed by atoms with E-state index >= 15 is 0 Å². The van der Waals surface area contributed by atoms with Crippen LogP contribution in [0.4, 0.5) is 5.69 Å². The van der Waals surface area contributed by atoms with Gasteiger partial charge in [-0.2, -0.15) is 5.26 Å². The Hall–Kier alpha value is -1.57. The number of amides is 1. The molecule has 0 fully saturated rings. The summed E-state index contributed by atoms with van der Waals surface area (Å²) in [5, 5.41) is 11.7. The van der Waals surface area contributed by atoms with Crippen molar-refractivity contribution in [1.82, 2.24) is 0 Å². The zero-order chi connectivity index (χ0) is 12.1. The van der Waals surface area contributed by atoms with Crippen LogP contribution in [-0.2, 0) is 4.79 Å². The van der Waals surface area contributed by atoms with Gasteiger partial charge in [-0.25, -0.2) is 0 Å². The van der Waals surface area contributed by atoms with Gasteiger partial charge in [0.2, 0.25) is 5.91 Å². The number of nitriles is 1. The number of nitrogens with zero attached hydrogens (tertiary/aromatic N) is 1. The lowest BCUT2D eigenvalue weighted by atomic mass is 10.2. The monoisotopic (exact) mass is 237 g/mol. The summed E-state index contributed by atoms with van der Waals surface area (Å²) in [6.45, 7) is 1.83. The molecule has 0 radical (unpaired) electrons. The van der Waals surface area contributed by atoms with Crippen LogP contribution in [0.3, 0.4) is 0 Å². The summed E-state index contributed by atoms with van der Waals surface area (Å²) in [4.78, 5) is 11.5. The summed E-state index contributed by atoms with van der Waals surface area (Å²) in [7, 11) is 0. The molecule has 0 saturated heterocycles. The minimum absolute atomic E-state index is 0.270. The zero-order valence-electron chi connectivity index (χ0n) is 8.83. The highest BCUT2D eigenvalue weighted by molar-refractivity contribution is 6.31. The van der Waals surface area contributed by atoms with Crippen LogP contribution in [0.2, 0.25) is 5.02 Å². The molecule has 1 rings (SSSR count). The maximum Gasteiger partial charge on any atom is 0.241 e. The van der Waals surface area contributed by atoms with Crippen LogP contribution >= 0.6 is 11.6 Å². The average molecular weight is 238 g/mol. The van der Waals surface area contributed by atoms with E-state index in [1.54, 1.807) is 12.1 Å². The SMILES string of the molecule is CCC(N)C(=O)Nc1ccc(Cl)c(C#N)c1. The molecule has 1 amide bonds. The molecule has 5 heteroatoms. The van der Waals surface area contributed by atoms with E-state index in [0.717, 1.165) is 0 Å². The molecular formula is C11H12ClN3O. The van der Waals surface area contributed by atoms with E-state index in [2.05, 4.69) is 5.32 Å². The molecule has 0 aliphatic rings. The topological polar surface area (TPSA) is 78.9 Å². The van der Waals surface area contributed by atoms with Crippen molar-refractivity contribution in [2.24, 2.45) is 5.73 Å². The summed E-state index contributed by atoms with van der Waals surface area (Å²) in [6.07, 6.45) is 0.560. The molecule has 1 aromatic carbocycles. The quantitative estimate of drug-likeness (QED) is 0.843. The first kappa shape index (κ1) is 12.5. The van der Waals surface area contributed by atoms with Gasteiger partial charge < -0.3 is 11.1 Å². The van der Waals surface area contributed by atoms with Gasteiger partial charge >= 0.3 is 0 Å². The van der Waals surface area contributed by atoms with Crippen LogP contribution in [0.1, 0.15) is 18.9 Å². The third kappa shape index (κ3) is 2.96. The summed E-state index contributed by atoms with van der Waals surface area (Å²) in [5.74, 6) is -0.270. The second kappa shape index (κ2) is 5.50. The Kier molecular flexibility index (Phi) is 4.29. The molecule has 0 bridgehead atoms. The first-order chi connectivity index (χ1) is 7.58. The number of rotatable bonds is 3. The molecule has 1 unspecified atom stereocenters. The Labute approximate surface area is 99.0 Å². The van der Waals surface area contributed by atoms with Gasteiger partial charge in [-0.15, -0.1) is 0 Å². The summed E-state index contributed by atoms with van der Waals surface area (Å²) >= 11 is 5.76. The maximum atomic E-state index is 11.5. The van der Waals surface area contributed by atoms with E-state index in [9.17, 15) is 4.79 Å². The van der Waals surface area contributed by atoms with Gasteiger partial charge in [0.05, 0.1) is 16.6 Å². The van der Waals surface area contributed by atoms with Gasteiger partial charge in [0.25, 0.3) is 0 Å². The normalized spacial score (nSPS) is 11.6. The number of halogens is 1. The molecule has 0 aliphatic heterocycles. The van der Waals surface area contributed by atoms with Crippen molar-refractivity contribution < 1.29 is 4.79 Å². The van der Waals surface area contributed by atoms with E-state index in [1.807, 2.05) is 13.0 Å². The van der Waals surface area contributed by atoms with Gasteiger partial charge in [-0.3, -0.25) is 4.79 Å². The summed E-state index contributed by atoms with van der Waals surface area (Å²) < 4.78 is 0. The Morgan fingerprint density at radius 3 is 2.94 bits per heavy atom. The molecule has 4 nitrogen and oxygen atoms in total. The van der Waals surface area contributed by atoms with E-state index < -0.39 is 6.04 Å². The summed E-state index contributed by atoms with van der Waals surface area (Å²) in [6, 6.07) is 6.10. The van der Waals surface area contributed by atoms with Gasteiger partial charge in [0.15, 0.2) is 0 Å². The molecule has 16 heavy (non-hydrogen) atoms. The van der Waals surface area contributed by atoms with Gasteiger partial charge in [-0.1, -0.05) is 18.5 Å². The Morgan fingerprint density at radius 1 is 1.69 bits per heavy atom. The molecule has 0 aromatic heterocycles. The summed E-state index contributed by atoms with van der Waals surface area (Å²) in [5.41, 5.74) is 6.41. The van der Waals surface area contributed by atoms with Crippen LogP contribution in [0.5, 0.6) is 0 Å². The number of benzene rings is 1. The number of carbonyl (C=O) groups is 1. The predicted molar refractivity (Wildman–Crippen MR) is 63.1 cm³/mol. The minimum atomic E-state index is -0.541. The van der Waals surface area contributed by atoms with E-state index in [-0.39, 0.29) is 5.91 Å². The first-order valence-corrected chi connectivity index (χ1v) is 5.22. The number of hydrogen-bond donors (Lipinski definition) is 2. The van der Waals surface area contributed by atoms with Gasteiger partial charge in [-0.05, 0) is 24.6 Å². The van der Waals surface area contributed by atoms with Crippen LogP contribution in [-0.4, -0.2) is 11.9 Å². The fourth-order valence-corrected chi connectivity index (χ4v) is 1.27. The number of anilines is 1. The third-order valence-electron chi connectivity index (χ3n) is 2.13. The first-order valence-electron chi connectivity index (χ1n) is 4.84. The number of nitrogens with two attached hydrogens (primary N) is 1. The molecule has 1 aromatic rings. The average Bonchev–Trinajstić information content (AvgIpc) is 2.30. The molecule has 0 heterocycles. The Morgan fingerprint density at radius 2 is 2.38 bits per heavy atom. The predicted octanol–water partition coefficient (Wildman–Crippen LogP) is 1.89. The van der Waals surface area contributed by atoms with Crippen LogP contribution in [0.25, 0.3) is 0 Å². The van der Waals surface area contributed by atoms with E-state index in [1.165, 1.54) is 6.07 Å². The molecule has 0 saturated carbocycles. The molecule has 0 spiro atoms. The van der Waals surface area contributed by atoms with Crippen molar-refractivity contribution in [2.45, 2.75) is 19.4 Å². The minimum Gasteiger partial charge on any atom is -0.325 e. The van der Waals surface area contributed by atoms with E-state index in [0.29, 0.717) is 22.7 Å². The Balaban J connectivity index is 2.83. The Bertz CT molecular complexity index is 439. The van der Waals surface area contributed by atoms with E-state index in [4.69, 9.17) is 22.6 Å². The second-order valence-electron chi connectivity index (χ2n) is 3.31. The fourth-order valence-electron chi connectivity index (χ4n) is 1.11. The molecule has 0 aliphatic carbocycles. The van der Waals surface area contributed by atoms with Gasteiger partial charge in [0.1, 0.15) is 6.07 Å². The van der Waals surface area contributed by atoms with Crippen molar-refractivity contribution in [3.8, 4) is 6.07 Å². The lowest BCUT2D eigenvalue weighted by Gasteiger charge is -2.10. The maximum absolute atomic E-state index is 11.5. The van der Waals surface area contributed by atoms with Crippen molar-refractivity contribution in [2.75, 3.05) is 5.32 Å². The van der Waals surface area contributed by atoms with Crippen molar-refractivity contribution in [3.63, 3.8) is 0 Å². The van der Waals surface area contributed by atoms with Crippen molar-refractivity contribution in [1.29, 1.82) is 5.26 Å². The lowest BCUT2D eigenvalue weighted by molar-refractivity contribution is -0.117. The second-order valence-corrected chi connectivity index (χ2v) is 3.72. The standard InChI is InChI=1S/C11H12ClN3O/c1-2-10(14)11(16)15-8-3-4-9(12)7(5-8)6-13/h3-5,10H,2,14H2,1H3,(H,15,16). The number of hydrogen-bond acceptors (Lipinski definition) is 3. The number of nitrogens with one attached hydrogen (secondary N) is 1. The highest BCUT2D eigenvalue weighted by atomic mass is 35.5. The molecule has 3 N–H and O–H groups in total. The smallest absolute Gasteiger partial charge is 0.241 e. The van der Waals surface area contributed by atoms with Gasteiger partial charge in [0, 0.05) is 5.69 Å². The fraction of sp³-hybridized carbons (Fsp3) is 0.273. The number of carbonyl (C=O) groups excluding carboxylic acids is 1. The third-order valence-corrected chi connectivity index (χ3v) is 2.46. The molecule has 84 valence electrons. The van der Waals surface area contributed by atoms with Crippen molar-refractivity contribution in [3.05, 3.63) is 28.8 Å². The van der Waals surface area contributed by atoms with Crippen LogP contribution in [0, 0.1) is 11.3 Å². The van der Waals surface area contributed by atoms with Crippen LogP contribution in [0.15, 0.2) is 18.2 Å². The molecular weight excluding hydrogens is 226 g/mol.